The molecule has 0 spiro atoms. The van der Waals surface area contributed by atoms with Crippen LogP contribution in [0.1, 0.15) is 0 Å². The molecule has 0 saturated heterocycles. The van der Waals surface area contributed by atoms with E-state index in [1.165, 1.54) is 0 Å². The average Bonchev–Trinajstić information content (AvgIpc) is 3.82. The van der Waals surface area contributed by atoms with Gasteiger partial charge in [0.05, 0.1) is 5.52 Å². The summed E-state index contributed by atoms with van der Waals surface area (Å²) in [5, 5.41) is 6.69. The van der Waals surface area contributed by atoms with Crippen LogP contribution in [-0.4, -0.2) is 19.5 Å². The molecule has 0 amide bonds. The van der Waals surface area contributed by atoms with Gasteiger partial charge in [-0.25, -0.2) is 4.98 Å². The summed E-state index contributed by atoms with van der Waals surface area (Å²) in [5.74, 6) is 1.71. The summed E-state index contributed by atoms with van der Waals surface area (Å²) in [6, 6.07) is 63.1. The smallest absolute Gasteiger partial charge is 0.238 e. The zero-order valence-corrected chi connectivity index (χ0v) is 29.0. The van der Waals surface area contributed by atoms with Crippen LogP contribution >= 0.6 is 0 Å². The fourth-order valence-corrected chi connectivity index (χ4v) is 7.94. The number of benzene rings is 8. The van der Waals surface area contributed by atoms with Crippen molar-refractivity contribution in [3.63, 3.8) is 0 Å². The number of rotatable bonds is 5. The molecule has 252 valence electrons. The lowest BCUT2D eigenvalue weighted by molar-refractivity contribution is 0.671. The van der Waals surface area contributed by atoms with Crippen LogP contribution in [0.3, 0.4) is 0 Å². The Balaban J connectivity index is 1.20. The van der Waals surface area contributed by atoms with Crippen molar-refractivity contribution in [3.8, 4) is 51.0 Å². The normalized spacial score (nSPS) is 11.7. The third-order valence-electron chi connectivity index (χ3n) is 10.5. The Morgan fingerprint density at radius 3 is 1.39 bits per heavy atom. The lowest BCUT2D eigenvalue weighted by Crippen LogP contribution is -2.06. The molecule has 3 heterocycles. The minimum Gasteiger partial charge on any atom is -0.454 e. The zero-order valence-electron chi connectivity index (χ0n) is 29.0. The third kappa shape index (κ3) is 4.76. The third-order valence-corrected chi connectivity index (χ3v) is 10.5. The van der Waals surface area contributed by atoms with Crippen LogP contribution in [0.15, 0.2) is 186 Å². The molecule has 0 aliphatic rings. The molecule has 5 heteroatoms. The summed E-state index contributed by atoms with van der Waals surface area (Å²) in [4.78, 5) is 15.7. The first-order chi connectivity index (χ1) is 26.8. The zero-order chi connectivity index (χ0) is 35.6. The topological polar surface area (TPSA) is 56.7 Å². The van der Waals surface area contributed by atoms with Gasteiger partial charge in [-0.1, -0.05) is 170 Å². The van der Waals surface area contributed by atoms with Crippen molar-refractivity contribution < 1.29 is 4.42 Å². The summed E-state index contributed by atoms with van der Waals surface area (Å²) in [6.07, 6.45) is 0. The van der Waals surface area contributed by atoms with Gasteiger partial charge in [0.25, 0.3) is 0 Å². The number of aromatic nitrogens is 4. The Hall–Kier alpha value is -7.37. The molecule has 54 heavy (non-hydrogen) atoms. The highest BCUT2D eigenvalue weighted by molar-refractivity contribution is 6.34. The first-order valence-electron chi connectivity index (χ1n) is 18.1. The maximum Gasteiger partial charge on any atom is 0.238 e. The van der Waals surface area contributed by atoms with Crippen molar-refractivity contribution >= 4 is 54.5 Å². The Morgan fingerprint density at radius 1 is 0.352 bits per heavy atom. The van der Waals surface area contributed by atoms with Crippen LogP contribution < -0.4 is 0 Å². The van der Waals surface area contributed by atoms with Crippen LogP contribution in [0.2, 0.25) is 0 Å². The van der Waals surface area contributed by atoms with E-state index in [0.29, 0.717) is 17.6 Å². The molecule has 0 radical (unpaired) electrons. The van der Waals surface area contributed by atoms with Crippen LogP contribution in [0.25, 0.3) is 105 Å². The van der Waals surface area contributed by atoms with Gasteiger partial charge in [-0.2, -0.15) is 9.97 Å². The Kier molecular flexibility index (Phi) is 6.79. The first-order valence-corrected chi connectivity index (χ1v) is 18.1. The molecule has 0 unspecified atom stereocenters. The molecule has 0 N–H and O–H groups in total. The summed E-state index contributed by atoms with van der Waals surface area (Å²) in [5.41, 5.74) is 9.97. The predicted molar refractivity (Wildman–Crippen MR) is 221 cm³/mol. The summed E-state index contributed by atoms with van der Waals surface area (Å²) in [7, 11) is 0. The van der Waals surface area contributed by atoms with Gasteiger partial charge in [0, 0.05) is 32.7 Å². The minimum absolute atomic E-state index is 0.525. The molecule has 3 aromatic heterocycles. The first kappa shape index (κ1) is 30.3. The summed E-state index contributed by atoms with van der Waals surface area (Å²) in [6.45, 7) is 0. The van der Waals surface area contributed by atoms with Crippen molar-refractivity contribution in [1.29, 1.82) is 0 Å². The molecule has 0 bridgehead atoms. The highest BCUT2D eigenvalue weighted by Gasteiger charge is 2.25. The molecular formula is C49H30N4O. The Labute approximate surface area is 310 Å². The molecule has 0 saturated carbocycles. The van der Waals surface area contributed by atoms with E-state index in [1.807, 2.05) is 24.3 Å². The molecule has 8 aromatic carbocycles. The SMILES string of the molecule is c1ccc(-c2ccc(-c3nc(-c4ccc(-c5ccccc5)cc4)nc(-n4c5ccccc5c5c6ccccc6c6c7ccccc7oc6c54)n3)cc2)cc1. The van der Waals surface area contributed by atoms with Crippen LogP contribution in [0, 0.1) is 0 Å². The number of para-hydroxylation sites is 2. The lowest BCUT2D eigenvalue weighted by Gasteiger charge is -2.12. The molecular weight excluding hydrogens is 661 g/mol. The van der Waals surface area contributed by atoms with Crippen molar-refractivity contribution in [2.24, 2.45) is 0 Å². The molecule has 5 nitrogen and oxygen atoms in total. The van der Waals surface area contributed by atoms with Gasteiger partial charge in [0.2, 0.25) is 5.95 Å². The van der Waals surface area contributed by atoms with Crippen molar-refractivity contribution in [2.75, 3.05) is 0 Å². The fraction of sp³-hybridized carbons (Fsp3) is 0. The number of furan rings is 1. The van der Waals surface area contributed by atoms with Crippen LogP contribution in [-0.2, 0) is 0 Å². The largest absolute Gasteiger partial charge is 0.454 e. The average molecular weight is 691 g/mol. The van der Waals surface area contributed by atoms with E-state index >= 15 is 0 Å². The van der Waals surface area contributed by atoms with E-state index < -0.39 is 0 Å². The predicted octanol–water partition coefficient (Wildman–Crippen LogP) is 12.7. The minimum atomic E-state index is 0.525. The van der Waals surface area contributed by atoms with Gasteiger partial charge in [-0.3, -0.25) is 4.57 Å². The number of hydrogen-bond donors (Lipinski definition) is 0. The number of nitrogens with zero attached hydrogens (tertiary/aromatic N) is 4. The van der Waals surface area contributed by atoms with E-state index in [1.54, 1.807) is 0 Å². The van der Waals surface area contributed by atoms with Crippen molar-refractivity contribution in [2.45, 2.75) is 0 Å². The Bertz CT molecular complexity index is 3080. The summed E-state index contributed by atoms with van der Waals surface area (Å²) < 4.78 is 8.99. The van der Waals surface area contributed by atoms with Crippen molar-refractivity contribution in [1.82, 2.24) is 19.5 Å². The molecule has 11 rings (SSSR count). The monoisotopic (exact) mass is 690 g/mol. The highest BCUT2D eigenvalue weighted by Crippen LogP contribution is 2.45. The van der Waals surface area contributed by atoms with Gasteiger partial charge < -0.3 is 4.42 Å². The van der Waals surface area contributed by atoms with Gasteiger partial charge >= 0.3 is 0 Å². The number of fused-ring (bicyclic) bond motifs is 10. The van der Waals surface area contributed by atoms with Gasteiger partial charge in [-0.05, 0) is 45.2 Å². The quantitative estimate of drug-likeness (QED) is 0.180. The van der Waals surface area contributed by atoms with E-state index in [2.05, 4.69) is 162 Å². The van der Waals surface area contributed by atoms with E-state index in [-0.39, 0.29) is 0 Å². The highest BCUT2D eigenvalue weighted by atomic mass is 16.3. The van der Waals surface area contributed by atoms with Crippen LogP contribution in [0.5, 0.6) is 0 Å². The number of hydrogen-bond acceptors (Lipinski definition) is 4. The van der Waals surface area contributed by atoms with Crippen LogP contribution in [0.4, 0.5) is 0 Å². The summed E-state index contributed by atoms with van der Waals surface area (Å²) >= 11 is 0. The van der Waals surface area contributed by atoms with E-state index in [0.717, 1.165) is 87.9 Å². The molecule has 0 aliphatic heterocycles. The fourth-order valence-electron chi connectivity index (χ4n) is 7.94. The Morgan fingerprint density at radius 2 is 0.796 bits per heavy atom. The molecule has 0 atom stereocenters. The second-order valence-corrected chi connectivity index (χ2v) is 13.6. The lowest BCUT2D eigenvalue weighted by atomic mass is 9.99. The maximum absolute atomic E-state index is 6.81. The van der Waals surface area contributed by atoms with E-state index in [9.17, 15) is 0 Å². The van der Waals surface area contributed by atoms with Crippen molar-refractivity contribution in [3.05, 3.63) is 182 Å². The maximum atomic E-state index is 6.81. The van der Waals surface area contributed by atoms with Gasteiger partial charge in [0.15, 0.2) is 17.2 Å². The van der Waals surface area contributed by atoms with Gasteiger partial charge in [0.1, 0.15) is 11.1 Å². The second-order valence-electron chi connectivity index (χ2n) is 13.6. The standard InChI is InChI=1S/C49H30N4O/c1-3-13-31(14-4-1)33-23-27-35(28-24-33)47-50-48(36-29-25-34(26-30-36)32-15-5-2-6-16-32)52-49(51-47)53-41-21-11-9-19-39(41)43-37-17-7-8-18-38(37)44-40-20-10-12-22-42(40)54-46(44)45(43)53/h1-30H. The second kappa shape index (κ2) is 12.1. The van der Waals surface area contributed by atoms with Gasteiger partial charge in [-0.15, -0.1) is 0 Å². The molecule has 0 fully saturated rings. The molecule has 0 aliphatic carbocycles. The molecule has 11 aromatic rings. The van der Waals surface area contributed by atoms with E-state index in [4.69, 9.17) is 19.4 Å².